The van der Waals surface area contributed by atoms with Gasteiger partial charge in [-0.3, -0.25) is 13.9 Å². The molecule has 0 unspecified atom stereocenters. The Balaban J connectivity index is 1.62. The maximum absolute atomic E-state index is 13.6. The fourth-order valence-electron chi connectivity index (χ4n) is 4.18. The maximum Gasteiger partial charge on any atom is 0.339 e. The summed E-state index contributed by atoms with van der Waals surface area (Å²) in [4.78, 5) is 48.8. The van der Waals surface area contributed by atoms with Gasteiger partial charge >= 0.3 is 11.7 Å². The minimum Gasteiger partial charge on any atom is -0.497 e. The third-order valence-corrected chi connectivity index (χ3v) is 6.34. The summed E-state index contributed by atoms with van der Waals surface area (Å²) in [5.74, 6) is 1.13. The molecule has 0 radical (unpaired) electrons. The number of fused-ring (bicyclic) bond motifs is 1. The van der Waals surface area contributed by atoms with E-state index in [-0.39, 0.29) is 35.7 Å². The standard InChI is InChI=1S/C26H26N4O6/c1-5-35-25(32)18-12-19(15-6-7-15)27-22-21(18)24(31)30(26(33)29(22)3)13-20-14(2)36-23(28-20)16-8-10-17(34-4)11-9-16/h8-12,15H,5-7,13H2,1-4H3. The van der Waals surface area contributed by atoms with E-state index in [2.05, 4.69) is 9.97 Å². The van der Waals surface area contributed by atoms with Crippen molar-refractivity contribution >= 4 is 17.0 Å². The van der Waals surface area contributed by atoms with Crippen LogP contribution in [-0.2, 0) is 18.3 Å². The van der Waals surface area contributed by atoms with Gasteiger partial charge in [0.1, 0.15) is 22.9 Å². The van der Waals surface area contributed by atoms with Crippen molar-refractivity contribution in [2.45, 2.75) is 39.2 Å². The van der Waals surface area contributed by atoms with Crippen molar-refractivity contribution in [3.8, 4) is 17.2 Å². The van der Waals surface area contributed by atoms with E-state index in [9.17, 15) is 14.4 Å². The molecule has 0 N–H and O–H groups in total. The van der Waals surface area contributed by atoms with Gasteiger partial charge in [-0.2, -0.15) is 0 Å². The van der Waals surface area contributed by atoms with Crippen LogP contribution in [0.5, 0.6) is 5.75 Å². The molecule has 0 bridgehead atoms. The lowest BCUT2D eigenvalue weighted by molar-refractivity contribution is 0.0528. The van der Waals surface area contributed by atoms with Crippen molar-refractivity contribution in [3.63, 3.8) is 0 Å². The van der Waals surface area contributed by atoms with E-state index in [1.54, 1.807) is 39.2 Å². The van der Waals surface area contributed by atoms with Crippen LogP contribution in [0, 0.1) is 6.92 Å². The number of aromatic nitrogens is 4. The van der Waals surface area contributed by atoms with Crippen LogP contribution in [0.4, 0.5) is 0 Å². The zero-order chi connectivity index (χ0) is 25.6. The zero-order valence-corrected chi connectivity index (χ0v) is 20.5. The first kappa shape index (κ1) is 23.5. The first-order chi connectivity index (χ1) is 17.3. The van der Waals surface area contributed by atoms with E-state index in [1.165, 1.54) is 11.6 Å². The molecule has 10 heteroatoms. The Labute approximate surface area is 206 Å². The second-order valence-corrected chi connectivity index (χ2v) is 8.77. The highest BCUT2D eigenvalue weighted by Crippen LogP contribution is 2.40. The van der Waals surface area contributed by atoms with Crippen LogP contribution in [0.25, 0.3) is 22.5 Å². The summed E-state index contributed by atoms with van der Waals surface area (Å²) >= 11 is 0. The molecule has 0 aliphatic heterocycles. The number of methoxy groups -OCH3 is 1. The molecule has 186 valence electrons. The van der Waals surface area contributed by atoms with E-state index in [0.717, 1.165) is 23.0 Å². The minimum absolute atomic E-state index is 0.0523. The second-order valence-electron chi connectivity index (χ2n) is 8.77. The number of hydrogen-bond acceptors (Lipinski definition) is 8. The normalized spacial score (nSPS) is 13.2. The van der Waals surface area contributed by atoms with Crippen LogP contribution in [0.3, 0.4) is 0 Å². The quantitative estimate of drug-likeness (QED) is 0.363. The number of rotatable bonds is 7. The molecular weight excluding hydrogens is 464 g/mol. The van der Waals surface area contributed by atoms with Crippen molar-refractivity contribution in [1.29, 1.82) is 0 Å². The number of esters is 1. The molecule has 1 aromatic carbocycles. The van der Waals surface area contributed by atoms with Crippen LogP contribution < -0.4 is 16.0 Å². The molecule has 1 aliphatic carbocycles. The number of ether oxygens (including phenoxy) is 2. The Morgan fingerprint density at radius 2 is 1.89 bits per heavy atom. The third-order valence-electron chi connectivity index (χ3n) is 6.34. The van der Waals surface area contributed by atoms with Gasteiger partial charge in [-0.25, -0.2) is 19.6 Å². The average Bonchev–Trinajstić information content (AvgIpc) is 3.67. The van der Waals surface area contributed by atoms with E-state index >= 15 is 0 Å². The van der Waals surface area contributed by atoms with Gasteiger partial charge in [0.05, 0.1) is 31.2 Å². The van der Waals surface area contributed by atoms with Crippen molar-refractivity contribution in [2.75, 3.05) is 13.7 Å². The molecule has 0 saturated heterocycles. The van der Waals surface area contributed by atoms with Crippen LogP contribution in [0.1, 0.15) is 53.2 Å². The molecule has 0 atom stereocenters. The summed E-state index contributed by atoms with van der Waals surface area (Å²) in [6.07, 6.45) is 1.90. The van der Waals surface area contributed by atoms with Crippen LogP contribution >= 0.6 is 0 Å². The molecule has 3 heterocycles. The number of benzene rings is 1. The first-order valence-corrected chi connectivity index (χ1v) is 11.7. The summed E-state index contributed by atoms with van der Waals surface area (Å²) in [5, 5.41) is 0.0523. The van der Waals surface area contributed by atoms with Gasteiger partial charge in [0.15, 0.2) is 0 Å². The van der Waals surface area contributed by atoms with Gasteiger partial charge in [-0.1, -0.05) is 0 Å². The van der Waals surface area contributed by atoms with Crippen molar-refractivity contribution < 1.29 is 18.7 Å². The summed E-state index contributed by atoms with van der Waals surface area (Å²) in [7, 11) is 3.12. The number of hydrogen-bond donors (Lipinski definition) is 0. The number of pyridine rings is 1. The molecule has 0 spiro atoms. The van der Waals surface area contributed by atoms with Crippen LogP contribution in [0.2, 0.25) is 0 Å². The Morgan fingerprint density at radius 3 is 2.53 bits per heavy atom. The SMILES string of the molecule is CCOC(=O)c1cc(C2CC2)nc2c1c(=O)n(Cc1nc(-c3ccc(OC)cc3)oc1C)c(=O)n2C. The van der Waals surface area contributed by atoms with Gasteiger partial charge in [0.25, 0.3) is 5.56 Å². The van der Waals surface area contributed by atoms with Gasteiger partial charge in [-0.15, -0.1) is 0 Å². The van der Waals surface area contributed by atoms with E-state index in [4.69, 9.17) is 13.9 Å². The van der Waals surface area contributed by atoms with Gasteiger partial charge in [-0.05, 0) is 57.0 Å². The van der Waals surface area contributed by atoms with Crippen LogP contribution in [0.15, 0.2) is 44.3 Å². The van der Waals surface area contributed by atoms with Gasteiger partial charge in [0, 0.05) is 24.2 Å². The summed E-state index contributed by atoms with van der Waals surface area (Å²) < 4.78 is 18.6. The topological polar surface area (TPSA) is 118 Å². The molecule has 1 fully saturated rings. The maximum atomic E-state index is 13.6. The Kier molecular flexibility index (Phi) is 5.95. The molecule has 1 aliphatic rings. The Hall–Kier alpha value is -4.21. The molecule has 5 rings (SSSR count). The van der Waals surface area contributed by atoms with Gasteiger partial charge < -0.3 is 13.9 Å². The molecular formula is C26H26N4O6. The molecule has 1 saturated carbocycles. The van der Waals surface area contributed by atoms with Crippen molar-refractivity contribution in [1.82, 2.24) is 19.1 Å². The molecule has 0 amide bonds. The summed E-state index contributed by atoms with van der Waals surface area (Å²) in [6.45, 7) is 3.46. The molecule has 36 heavy (non-hydrogen) atoms. The highest BCUT2D eigenvalue weighted by atomic mass is 16.5. The second kappa shape index (κ2) is 9.10. The zero-order valence-electron chi connectivity index (χ0n) is 20.5. The monoisotopic (exact) mass is 490 g/mol. The smallest absolute Gasteiger partial charge is 0.339 e. The average molecular weight is 491 g/mol. The number of nitrogens with zero attached hydrogens (tertiary/aromatic N) is 4. The van der Waals surface area contributed by atoms with Crippen molar-refractivity contribution in [2.24, 2.45) is 7.05 Å². The molecule has 3 aromatic heterocycles. The Bertz CT molecular complexity index is 1590. The number of aryl methyl sites for hydroxylation is 2. The third kappa shape index (κ3) is 4.08. The number of oxazole rings is 1. The largest absolute Gasteiger partial charge is 0.497 e. The summed E-state index contributed by atoms with van der Waals surface area (Å²) in [5.41, 5.74) is 0.952. The van der Waals surface area contributed by atoms with Crippen molar-refractivity contribution in [3.05, 3.63) is 73.9 Å². The lowest BCUT2D eigenvalue weighted by Gasteiger charge is -2.13. The van der Waals surface area contributed by atoms with E-state index in [0.29, 0.717) is 28.8 Å². The molecule has 4 aromatic rings. The predicted molar refractivity (Wildman–Crippen MR) is 132 cm³/mol. The lowest BCUT2D eigenvalue weighted by atomic mass is 10.1. The highest BCUT2D eigenvalue weighted by molar-refractivity contribution is 6.02. The fourth-order valence-corrected chi connectivity index (χ4v) is 4.18. The first-order valence-electron chi connectivity index (χ1n) is 11.7. The van der Waals surface area contributed by atoms with E-state index in [1.807, 2.05) is 12.1 Å². The van der Waals surface area contributed by atoms with Gasteiger partial charge in [0.2, 0.25) is 5.89 Å². The Morgan fingerprint density at radius 1 is 1.17 bits per heavy atom. The highest BCUT2D eigenvalue weighted by Gasteiger charge is 2.29. The number of carbonyl (C=O) groups is 1. The van der Waals surface area contributed by atoms with E-state index < -0.39 is 17.2 Å². The minimum atomic E-state index is -0.626. The predicted octanol–water partition coefficient (Wildman–Crippen LogP) is 3.17. The lowest BCUT2D eigenvalue weighted by Crippen LogP contribution is -2.40. The van der Waals surface area contributed by atoms with Crippen LogP contribution in [-0.4, -0.2) is 38.8 Å². The summed E-state index contributed by atoms with van der Waals surface area (Å²) in [6, 6.07) is 8.82. The number of carbonyl (C=O) groups excluding carboxylic acids is 1. The fraction of sp³-hybridized carbons (Fsp3) is 0.346. The molecule has 10 nitrogen and oxygen atoms in total.